The maximum atomic E-state index is 12.4. The minimum Gasteiger partial charge on any atom is -0.378 e. The Balaban J connectivity index is 2.11. The number of thiophene rings is 1. The van der Waals surface area contributed by atoms with Crippen LogP contribution < -0.4 is 10.0 Å². The van der Waals surface area contributed by atoms with Crippen molar-refractivity contribution in [2.24, 2.45) is 0 Å². The number of hydrogen-bond donors (Lipinski definition) is 2. The van der Waals surface area contributed by atoms with Gasteiger partial charge < -0.3 is 10.1 Å². The van der Waals surface area contributed by atoms with E-state index >= 15 is 0 Å². The standard InChI is InChI=1S/C12H20N2O3S2/c1-9-7-10(3-5-17-9)14-19(15,16)12-4-6-18-11(12)8-13-2/h4,6,9-10,13-14H,3,5,7-8H2,1-2H3. The van der Waals surface area contributed by atoms with Gasteiger partial charge in [0.25, 0.3) is 0 Å². The first-order valence-corrected chi connectivity index (χ1v) is 8.74. The van der Waals surface area contributed by atoms with Crippen LogP contribution in [0.3, 0.4) is 0 Å². The highest BCUT2D eigenvalue weighted by atomic mass is 32.2. The molecule has 108 valence electrons. The Morgan fingerprint density at radius 3 is 3.00 bits per heavy atom. The molecule has 0 radical (unpaired) electrons. The van der Waals surface area contributed by atoms with Crippen molar-refractivity contribution in [3.8, 4) is 0 Å². The van der Waals surface area contributed by atoms with Crippen molar-refractivity contribution < 1.29 is 13.2 Å². The third kappa shape index (κ3) is 3.76. The van der Waals surface area contributed by atoms with E-state index in [9.17, 15) is 8.42 Å². The van der Waals surface area contributed by atoms with Gasteiger partial charge in [-0.3, -0.25) is 0 Å². The zero-order valence-electron chi connectivity index (χ0n) is 11.2. The fourth-order valence-electron chi connectivity index (χ4n) is 2.25. The Morgan fingerprint density at radius 2 is 2.32 bits per heavy atom. The Bertz CT molecular complexity index is 513. The van der Waals surface area contributed by atoms with E-state index in [2.05, 4.69) is 10.0 Å². The molecule has 1 aromatic heterocycles. The molecule has 2 rings (SSSR count). The molecule has 1 saturated heterocycles. The fraction of sp³-hybridized carbons (Fsp3) is 0.667. The molecule has 2 heterocycles. The van der Waals surface area contributed by atoms with Crippen molar-refractivity contribution in [3.05, 3.63) is 16.3 Å². The number of nitrogens with one attached hydrogen (secondary N) is 2. The molecular weight excluding hydrogens is 284 g/mol. The van der Waals surface area contributed by atoms with Crippen LogP contribution in [0.4, 0.5) is 0 Å². The molecule has 2 unspecified atom stereocenters. The quantitative estimate of drug-likeness (QED) is 0.861. The Kier molecular flexibility index (Phi) is 4.97. The van der Waals surface area contributed by atoms with E-state index in [1.54, 1.807) is 6.07 Å². The van der Waals surface area contributed by atoms with Gasteiger partial charge in [-0.15, -0.1) is 11.3 Å². The van der Waals surface area contributed by atoms with Gasteiger partial charge >= 0.3 is 0 Å². The highest BCUT2D eigenvalue weighted by Gasteiger charge is 2.26. The minimum atomic E-state index is -3.43. The molecule has 2 N–H and O–H groups in total. The first-order valence-electron chi connectivity index (χ1n) is 6.38. The summed E-state index contributed by atoms with van der Waals surface area (Å²) in [6.45, 7) is 3.15. The highest BCUT2D eigenvalue weighted by Crippen LogP contribution is 2.23. The first-order chi connectivity index (χ1) is 9.03. The maximum Gasteiger partial charge on any atom is 0.241 e. The van der Waals surface area contributed by atoms with E-state index in [4.69, 9.17) is 4.74 Å². The average molecular weight is 304 g/mol. The SMILES string of the molecule is CNCc1sccc1S(=O)(=O)NC1CCOC(C)C1. The zero-order valence-corrected chi connectivity index (χ0v) is 12.8. The molecule has 0 aromatic carbocycles. The third-order valence-corrected chi connectivity index (χ3v) is 5.79. The second kappa shape index (κ2) is 6.32. The van der Waals surface area contributed by atoms with Crippen LogP contribution in [0.15, 0.2) is 16.3 Å². The summed E-state index contributed by atoms with van der Waals surface area (Å²) in [5.41, 5.74) is 0. The zero-order chi connectivity index (χ0) is 13.9. The minimum absolute atomic E-state index is 0.0314. The van der Waals surface area contributed by atoms with Crippen LogP contribution >= 0.6 is 11.3 Å². The van der Waals surface area contributed by atoms with Gasteiger partial charge in [0, 0.05) is 24.1 Å². The summed E-state index contributed by atoms with van der Waals surface area (Å²) < 4.78 is 33.0. The van der Waals surface area contributed by atoms with Gasteiger partial charge in [0.2, 0.25) is 10.0 Å². The smallest absolute Gasteiger partial charge is 0.241 e. The van der Waals surface area contributed by atoms with Crippen LogP contribution in [0, 0.1) is 0 Å². The predicted octanol–water partition coefficient (Wildman–Crippen LogP) is 1.31. The summed E-state index contributed by atoms with van der Waals surface area (Å²) in [7, 11) is -1.62. The first kappa shape index (κ1) is 14.9. The summed E-state index contributed by atoms with van der Waals surface area (Å²) in [5.74, 6) is 0. The van der Waals surface area contributed by atoms with E-state index < -0.39 is 10.0 Å². The lowest BCUT2D eigenvalue weighted by Crippen LogP contribution is -2.41. The van der Waals surface area contributed by atoms with Crippen molar-refractivity contribution in [1.82, 2.24) is 10.0 Å². The van der Waals surface area contributed by atoms with Gasteiger partial charge in [0.1, 0.15) is 0 Å². The normalized spacial score (nSPS) is 24.5. The van der Waals surface area contributed by atoms with Crippen LogP contribution in [0.25, 0.3) is 0 Å². The van der Waals surface area contributed by atoms with Gasteiger partial charge in [-0.2, -0.15) is 0 Å². The van der Waals surface area contributed by atoms with Crippen molar-refractivity contribution in [2.45, 2.75) is 43.4 Å². The monoisotopic (exact) mass is 304 g/mol. The number of hydrogen-bond acceptors (Lipinski definition) is 5. The van der Waals surface area contributed by atoms with Crippen LogP contribution in [-0.2, 0) is 21.3 Å². The Hall–Kier alpha value is -0.470. The van der Waals surface area contributed by atoms with Crippen molar-refractivity contribution >= 4 is 21.4 Å². The molecular formula is C12H20N2O3S2. The van der Waals surface area contributed by atoms with Crippen LogP contribution in [-0.4, -0.2) is 34.2 Å². The molecule has 19 heavy (non-hydrogen) atoms. The van der Waals surface area contributed by atoms with Crippen LogP contribution in [0.5, 0.6) is 0 Å². The van der Waals surface area contributed by atoms with Gasteiger partial charge in [0.15, 0.2) is 0 Å². The largest absolute Gasteiger partial charge is 0.378 e. The van der Waals surface area contributed by atoms with E-state index in [1.165, 1.54) is 11.3 Å². The van der Waals surface area contributed by atoms with Crippen LogP contribution in [0.1, 0.15) is 24.6 Å². The predicted molar refractivity (Wildman–Crippen MR) is 75.8 cm³/mol. The number of rotatable bonds is 5. The topological polar surface area (TPSA) is 67.4 Å². The van der Waals surface area contributed by atoms with Crippen molar-refractivity contribution in [3.63, 3.8) is 0 Å². The fourth-order valence-corrected chi connectivity index (χ4v) is 4.98. The van der Waals surface area contributed by atoms with E-state index in [1.807, 2.05) is 19.4 Å². The summed E-state index contributed by atoms with van der Waals surface area (Å²) in [5, 5.41) is 4.80. The molecule has 5 nitrogen and oxygen atoms in total. The lowest BCUT2D eigenvalue weighted by atomic mass is 10.1. The summed E-state index contributed by atoms with van der Waals surface area (Å²) in [4.78, 5) is 1.24. The molecule has 7 heteroatoms. The number of sulfonamides is 1. The van der Waals surface area contributed by atoms with Crippen molar-refractivity contribution in [2.75, 3.05) is 13.7 Å². The Morgan fingerprint density at radius 1 is 1.53 bits per heavy atom. The molecule has 0 amide bonds. The summed E-state index contributed by atoms with van der Waals surface area (Å²) in [6.07, 6.45) is 1.57. The van der Waals surface area contributed by atoms with Crippen molar-refractivity contribution in [1.29, 1.82) is 0 Å². The summed E-state index contributed by atoms with van der Waals surface area (Å²) in [6, 6.07) is 1.64. The van der Waals surface area contributed by atoms with Crippen LogP contribution in [0.2, 0.25) is 0 Å². The second-order valence-corrected chi connectivity index (χ2v) is 7.45. The molecule has 1 aliphatic heterocycles. The molecule has 2 atom stereocenters. The number of ether oxygens (including phenoxy) is 1. The molecule has 1 aliphatic rings. The van der Waals surface area contributed by atoms with E-state index in [0.717, 1.165) is 17.7 Å². The van der Waals surface area contributed by atoms with E-state index in [0.29, 0.717) is 18.0 Å². The second-order valence-electron chi connectivity index (χ2n) is 4.76. The molecule has 0 spiro atoms. The maximum absolute atomic E-state index is 12.4. The molecule has 0 aliphatic carbocycles. The van der Waals surface area contributed by atoms with Gasteiger partial charge in [-0.25, -0.2) is 13.1 Å². The molecule has 1 aromatic rings. The third-order valence-electron chi connectivity index (χ3n) is 3.14. The lowest BCUT2D eigenvalue weighted by molar-refractivity contribution is 0.0173. The lowest BCUT2D eigenvalue weighted by Gasteiger charge is -2.27. The van der Waals surface area contributed by atoms with E-state index in [-0.39, 0.29) is 12.1 Å². The van der Waals surface area contributed by atoms with Gasteiger partial charge in [-0.05, 0) is 38.3 Å². The summed E-state index contributed by atoms with van der Waals surface area (Å²) >= 11 is 1.46. The molecule has 0 saturated carbocycles. The van der Waals surface area contributed by atoms with Gasteiger partial charge in [-0.1, -0.05) is 0 Å². The highest BCUT2D eigenvalue weighted by molar-refractivity contribution is 7.89. The van der Waals surface area contributed by atoms with Gasteiger partial charge in [0.05, 0.1) is 11.0 Å². The Labute approximate surface area is 118 Å². The average Bonchev–Trinajstić information content (AvgIpc) is 2.78. The molecule has 0 bridgehead atoms. The molecule has 1 fully saturated rings.